The van der Waals surface area contributed by atoms with E-state index in [4.69, 9.17) is 23.2 Å². The number of benzene rings is 1. The highest BCUT2D eigenvalue weighted by Crippen LogP contribution is 2.29. The first kappa shape index (κ1) is 12.2. The summed E-state index contributed by atoms with van der Waals surface area (Å²) in [7, 11) is 0. The van der Waals surface area contributed by atoms with E-state index in [0.29, 0.717) is 5.82 Å². The maximum Gasteiger partial charge on any atom is 0.227 e. The van der Waals surface area contributed by atoms with Crippen LogP contribution in [0.25, 0.3) is 11.4 Å². The lowest BCUT2D eigenvalue weighted by molar-refractivity contribution is 1.06. The molecule has 0 atom stereocenters. The highest BCUT2D eigenvalue weighted by atomic mass is 79.9. The smallest absolute Gasteiger partial charge is 0.198 e. The summed E-state index contributed by atoms with van der Waals surface area (Å²) in [5.74, 6) is 0.429. The Morgan fingerprint density at radius 1 is 0.938 bits per heavy atom. The van der Waals surface area contributed by atoms with E-state index in [1.54, 1.807) is 0 Å². The van der Waals surface area contributed by atoms with Gasteiger partial charge in [-0.3, -0.25) is 0 Å². The van der Waals surface area contributed by atoms with Crippen molar-refractivity contribution >= 4 is 55.1 Å². The predicted molar refractivity (Wildman–Crippen MR) is 70.7 cm³/mol. The summed E-state index contributed by atoms with van der Waals surface area (Å²) in [6.07, 6.45) is 0. The largest absolute Gasteiger partial charge is 0.227 e. The van der Waals surface area contributed by atoms with Crippen molar-refractivity contribution < 1.29 is 0 Å². The molecule has 0 unspecified atom stereocenters. The zero-order chi connectivity index (χ0) is 11.7. The Labute approximate surface area is 118 Å². The standard InChI is InChI=1S/C9H3Br2Cl2N3/c10-4-1-2-6(11)5(3-4)7-14-8(12)16-9(13)15-7/h1-3H. The van der Waals surface area contributed by atoms with Crippen LogP contribution in [-0.2, 0) is 0 Å². The first-order chi connectivity index (χ1) is 7.56. The lowest BCUT2D eigenvalue weighted by Gasteiger charge is -2.04. The number of aromatic nitrogens is 3. The van der Waals surface area contributed by atoms with Gasteiger partial charge in [-0.05, 0) is 41.4 Å². The summed E-state index contributed by atoms with van der Waals surface area (Å²) in [5, 5.41) is 0.142. The number of nitrogens with zero attached hydrogens (tertiary/aromatic N) is 3. The molecule has 0 saturated heterocycles. The first-order valence-electron chi connectivity index (χ1n) is 4.09. The van der Waals surface area contributed by atoms with Gasteiger partial charge in [0, 0.05) is 14.5 Å². The van der Waals surface area contributed by atoms with Crippen LogP contribution in [0.15, 0.2) is 27.1 Å². The minimum atomic E-state index is 0.0712. The number of halogens is 4. The number of hydrogen-bond donors (Lipinski definition) is 0. The molecule has 0 radical (unpaired) electrons. The van der Waals surface area contributed by atoms with Crippen LogP contribution in [0.3, 0.4) is 0 Å². The summed E-state index contributed by atoms with van der Waals surface area (Å²) < 4.78 is 1.77. The van der Waals surface area contributed by atoms with Gasteiger partial charge in [-0.1, -0.05) is 31.9 Å². The number of hydrogen-bond acceptors (Lipinski definition) is 3. The molecule has 0 saturated carbocycles. The van der Waals surface area contributed by atoms with Crippen molar-refractivity contribution in [2.24, 2.45) is 0 Å². The van der Waals surface area contributed by atoms with Crippen molar-refractivity contribution in [3.63, 3.8) is 0 Å². The average Bonchev–Trinajstić information content (AvgIpc) is 2.20. The second-order valence-corrected chi connectivity index (χ2v) is 5.27. The van der Waals surface area contributed by atoms with Crippen LogP contribution in [-0.4, -0.2) is 15.0 Å². The van der Waals surface area contributed by atoms with Crippen molar-refractivity contribution in [2.75, 3.05) is 0 Å². The Hall–Kier alpha value is -0.230. The molecule has 1 aromatic heterocycles. The second kappa shape index (κ2) is 4.96. The van der Waals surface area contributed by atoms with E-state index in [2.05, 4.69) is 46.8 Å². The molecular formula is C9H3Br2Cl2N3. The van der Waals surface area contributed by atoms with Crippen LogP contribution in [0.5, 0.6) is 0 Å². The van der Waals surface area contributed by atoms with Gasteiger partial charge in [0.2, 0.25) is 10.6 Å². The highest BCUT2D eigenvalue weighted by Gasteiger charge is 2.09. The van der Waals surface area contributed by atoms with E-state index in [-0.39, 0.29) is 10.6 Å². The van der Waals surface area contributed by atoms with E-state index in [1.807, 2.05) is 18.2 Å². The third-order valence-corrected chi connectivity index (χ3v) is 3.27. The van der Waals surface area contributed by atoms with Crippen molar-refractivity contribution in [1.82, 2.24) is 15.0 Å². The Balaban J connectivity index is 2.62. The van der Waals surface area contributed by atoms with Gasteiger partial charge < -0.3 is 0 Å². The van der Waals surface area contributed by atoms with Crippen LogP contribution in [0.4, 0.5) is 0 Å². The molecular weight excluding hydrogens is 381 g/mol. The Morgan fingerprint density at radius 3 is 2.19 bits per heavy atom. The predicted octanol–water partition coefficient (Wildman–Crippen LogP) is 4.37. The first-order valence-corrected chi connectivity index (χ1v) is 6.43. The maximum atomic E-state index is 5.72. The fraction of sp³-hybridized carbons (Fsp3) is 0. The third kappa shape index (κ3) is 2.71. The molecule has 0 aliphatic carbocycles. The van der Waals surface area contributed by atoms with Crippen molar-refractivity contribution in [3.8, 4) is 11.4 Å². The molecule has 1 aromatic carbocycles. The van der Waals surface area contributed by atoms with Crippen LogP contribution in [0, 0.1) is 0 Å². The van der Waals surface area contributed by atoms with Gasteiger partial charge in [0.05, 0.1) is 0 Å². The van der Waals surface area contributed by atoms with Gasteiger partial charge in [-0.25, -0.2) is 0 Å². The molecule has 16 heavy (non-hydrogen) atoms. The topological polar surface area (TPSA) is 38.7 Å². The molecule has 0 fully saturated rings. The lowest BCUT2D eigenvalue weighted by Crippen LogP contribution is -1.94. The molecule has 2 aromatic rings. The van der Waals surface area contributed by atoms with E-state index in [1.165, 1.54) is 0 Å². The summed E-state index contributed by atoms with van der Waals surface area (Å²) in [4.78, 5) is 11.7. The van der Waals surface area contributed by atoms with Gasteiger partial charge in [-0.15, -0.1) is 0 Å². The van der Waals surface area contributed by atoms with Crippen LogP contribution < -0.4 is 0 Å². The molecule has 0 aliphatic heterocycles. The molecule has 0 amide bonds. The fourth-order valence-corrected chi connectivity index (χ4v) is 2.26. The van der Waals surface area contributed by atoms with E-state index in [9.17, 15) is 0 Å². The molecule has 7 heteroatoms. The minimum Gasteiger partial charge on any atom is -0.198 e. The molecule has 82 valence electrons. The SMILES string of the molecule is Clc1nc(Cl)nc(-c2cc(Br)ccc2Br)n1. The van der Waals surface area contributed by atoms with Crippen molar-refractivity contribution in [1.29, 1.82) is 0 Å². The highest BCUT2D eigenvalue weighted by molar-refractivity contribution is 9.11. The summed E-state index contributed by atoms with van der Waals surface area (Å²) in [5.41, 5.74) is 0.792. The molecule has 2 rings (SSSR count). The summed E-state index contributed by atoms with van der Waals surface area (Å²) in [6, 6.07) is 5.65. The Bertz CT molecular complexity index is 528. The normalized spacial score (nSPS) is 10.5. The van der Waals surface area contributed by atoms with Gasteiger partial charge in [0.25, 0.3) is 0 Å². The monoisotopic (exact) mass is 381 g/mol. The van der Waals surface area contributed by atoms with E-state index < -0.39 is 0 Å². The Morgan fingerprint density at radius 2 is 1.56 bits per heavy atom. The second-order valence-electron chi connectivity index (χ2n) is 2.82. The molecule has 0 bridgehead atoms. The zero-order valence-corrected chi connectivity index (χ0v) is 12.3. The molecule has 3 nitrogen and oxygen atoms in total. The summed E-state index contributed by atoms with van der Waals surface area (Å²) >= 11 is 18.2. The molecule has 0 spiro atoms. The van der Waals surface area contributed by atoms with E-state index in [0.717, 1.165) is 14.5 Å². The molecule has 1 heterocycles. The van der Waals surface area contributed by atoms with Gasteiger partial charge in [-0.2, -0.15) is 15.0 Å². The minimum absolute atomic E-state index is 0.0712. The zero-order valence-electron chi connectivity index (χ0n) is 7.59. The molecule has 0 N–H and O–H groups in total. The van der Waals surface area contributed by atoms with Gasteiger partial charge in [0.15, 0.2) is 5.82 Å². The van der Waals surface area contributed by atoms with Crippen LogP contribution >= 0.6 is 55.1 Å². The van der Waals surface area contributed by atoms with Gasteiger partial charge in [0.1, 0.15) is 0 Å². The summed E-state index contributed by atoms with van der Waals surface area (Å²) in [6.45, 7) is 0. The Kier molecular flexibility index (Phi) is 3.79. The average molecular weight is 384 g/mol. The quantitative estimate of drug-likeness (QED) is 0.734. The lowest BCUT2D eigenvalue weighted by atomic mass is 10.2. The van der Waals surface area contributed by atoms with Crippen molar-refractivity contribution in [3.05, 3.63) is 37.7 Å². The van der Waals surface area contributed by atoms with Gasteiger partial charge >= 0.3 is 0 Å². The van der Waals surface area contributed by atoms with Crippen LogP contribution in [0.2, 0.25) is 10.6 Å². The maximum absolute atomic E-state index is 5.72. The molecule has 0 aliphatic rings. The van der Waals surface area contributed by atoms with Crippen LogP contribution in [0.1, 0.15) is 0 Å². The number of rotatable bonds is 1. The van der Waals surface area contributed by atoms with E-state index >= 15 is 0 Å². The van der Waals surface area contributed by atoms with Crippen molar-refractivity contribution in [2.45, 2.75) is 0 Å². The third-order valence-electron chi connectivity index (χ3n) is 1.75. The fourth-order valence-electron chi connectivity index (χ4n) is 1.12.